The number of hydrogen-bond acceptors (Lipinski definition) is 3. The number of fused-ring (bicyclic) bond motifs is 1. The molecule has 3 aromatic rings. The van der Waals surface area contributed by atoms with E-state index in [1.807, 2.05) is 55.5 Å². The first-order chi connectivity index (χ1) is 12.6. The number of nitrogens with zero attached hydrogens (tertiary/aromatic N) is 3. The molecule has 126 valence electrons. The lowest BCUT2D eigenvalue weighted by molar-refractivity contribution is 0.802. The highest BCUT2D eigenvalue weighted by atomic mass is 32.1. The van der Waals surface area contributed by atoms with Crippen molar-refractivity contribution in [2.75, 3.05) is 0 Å². The Morgan fingerprint density at radius 3 is 2.54 bits per heavy atom. The second kappa shape index (κ2) is 7.23. The molecule has 1 heterocycles. The third-order valence-corrected chi connectivity index (χ3v) is 4.64. The van der Waals surface area contributed by atoms with Crippen LogP contribution in [0.3, 0.4) is 0 Å². The first-order valence-corrected chi connectivity index (χ1v) is 8.45. The minimum atomic E-state index is 0.0820. The van der Waals surface area contributed by atoms with E-state index in [9.17, 15) is 10.5 Å². The summed E-state index contributed by atoms with van der Waals surface area (Å²) in [6, 6.07) is 19.8. The summed E-state index contributed by atoms with van der Waals surface area (Å²) in [4.78, 5) is 0.0820. The van der Waals surface area contributed by atoms with Gasteiger partial charge in [0.1, 0.15) is 11.1 Å². The fourth-order valence-corrected chi connectivity index (χ4v) is 3.19. The molecule has 0 radical (unpaired) electrons. The van der Waals surface area contributed by atoms with E-state index in [2.05, 4.69) is 16.7 Å². The van der Waals surface area contributed by atoms with Crippen molar-refractivity contribution < 1.29 is 0 Å². The molecule has 0 saturated heterocycles. The Kier molecular flexibility index (Phi) is 4.84. The average molecular weight is 356 g/mol. The van der Waals surface area contributed by atoms with Crippen LogP contribution >= 0.6 is 12.2 Å². The monoisotopic (exact) mass is 356 g/mol. The van der Waals surface area contributed by atoms with Crippen LogP contribution in [0, 0.1) is 29.6 Å². The van der Waals surface area contributed by atoms with Gasteiger partial charge in [0.25, 0.3) is 0 Å². The summed E-state index contributed by atoms with van der Waals surface area (Å²) < 4.78 is 2.14. The van der Waals surface area contributed by atoms with Gasteiger partial charge in [0, 0.05) is 28.7 Å². The van der Waals surface area contributed by atoms with E-state index in [0.29, 0.717) is 12.1 Å². The van der Waals surface area contributed by atoms with Gasteiger partial charge in [-0.25, -0.2) is 0 Å². The molecule has 2 N–H and O–H groups in total. The number of nitrogens with two attached hydrogens (primary N) is 1. The lowest BCUT2D eigenvalue weighted by Gasteiger charge is -2.10. The van der Waals surface area contributed by atoms with Crippen molar-refractivity contribution in [3.63, 3.8) is 0 Å². The summed E-state index contributed by atoms with van der Waals surface area (Å²) in [5, 5.41) is 19.7. The molecule has 0 saturated carbocycles. The molecule has 5 heteroatoms. The lowest BCUT2D eigenvalue weighted by Crippen LogP contribution is -2.09. The number of aromatic nitrogens is 1. The second-order valence-corrected chi connectivity index (χ2v) is 6.35. The van der Waals surface area contributed by atoms with E-state index in [4.69, 9.17) is 18.0 Å². The Balaban J connectivity index is 2.22. The van der Waals surface area contributed by atoms with Crippen molar-refractivity contribution in [2.45, 2.75) is 13.5 Å². The van der Waals surface area contributed by atoms with Crippen LogP contribution in [-0.4, -0.2) is 9.56 Å². The molecule has 1 aromatic heterocycles. The molecule has 0 spiro atoms. The van der Waals surface area contributed by atoms with Crippen LogP contribution in [0.1, 0.15) is 22.4 Å². The SMILES string of the molecule is Cc1c(/C=C(/C#N)C(N)=S)c2ccccc2n1Cc1ccccc1C#N. The highest BCUT2D eigenvalue weighted by Gasteiger charge is 2.15. The Hall–Kier alpha value is -3.41. The van der Waals surface area contributed by atoms with E-state index in [-0.39, 0.29) is 10.6 Å². The number of nitriles is 2. The maximum atomic E-state index is 9.36. The zero-order valence-electron chi connectivity index (χ0n) is 14.2. The number of rotatable bonds is 4. The maximum absolute atomic E-state index is 9.36. The van der Waals surface area contributed by atoms with Gasteiger partial charge in [0.05, 0.1) is 17.2 Å². The number of hydrogen-bond donors (Lipinski definition) is 1. The van der Waals surface area contributed by atoms with Crippen LogP contribution in [0.25, 0.3) is 17.0 Å². The Morgan fingerprint density at radius 1 is 1.15 bits per heavy atom. The summed E-state index contributed by atoms with van der Waals surface area (Å²) in [7, 11) is 0. The first kappa shape index (κ1) is 17.4. The molecular weight excluding hydrogens is 340 g/mol. The molecule has 0 aliphatic heterocycles. The topological polar surface area (TPSA) is 78.5 Å². The highest BCUT2D eigenvalue weighted by Crippen LogP contribution is 2.29. The predicted octanol–water partition coefficient (Wildman–Crippen LogP) is 4.06. The standard InChI is InChI=1S/C21H16N4S/c1-14-19(10-17(12-23)21(24)26)18-8-4-5-9-20(18)25(14)13-16-7-3-2-6-15(16)11-22/h2-10H,13H2,1H3,(H2,24,26)/b17-10-. The third kappa shape index (κ3) is 3.09. The van der Waals surface area contributed by atoms with Gasteiger partial charge in [-0.2, -0.15) is 10.5 Å². The van der Waals surface area contributed by atoms with E-state index < -0.39 is 0 Å². The summed E-state index contributed by atoms with van der Waals surface area (Å²) in [6.07, 6.45) is 1.74. The molecule has 4 nitrogen and oxygen atoms in total. The van der Waals surface area contributed by atoms with Crippen molar-refractivity contribution in [2.24, 2.45) is 5.73 Å². The van der Waals surface area contributed by atoms with E-state index >= 15 is 0 Å². The van der Waals surface area contributed by atoms with E-state index in [1.54, 1.807) is 6.08 Å². The number of thiocarbonyl (C=S) groups is 1. The fraction of sp³-hybridized carbons (Fsp3) is 0.0952. The van der Waals surface area contributed by atoms with Gasteiger partial charge in [0.2, 0.25) is 0 Å². The Morgan fingerprint density at radius 2 is 1.85 bits per heavy atom. The Labute approximate surface area is 157 Å². The minimum absolute atomic E-state index is 0.0820. The van der Waals surface area contributed by atoms with Gasteiger partial charge in [-0.1, -0.05) is 48.6 Å². The van der Waals surface area contributed by atoms with Crippen LogP contribution in [0.5, 0.6) is 0 Å². The average Bonchev–Trinajstić information content (AvgIpc) is 2.91. The van der Waals surface area contributed by atoms with Crippen LogP contribution < -0.4 is 5.73 Å². The van der Waals surface area contributed by atoms with Crippen LogP contribution in [0.15, 0.2) is 54.1 Å². The highest BCUT2D eigenvalue weighted by molar-refractivity contribution is 7.80. The summed E-state index contributed by atoms with van der Waals surface area (Å²) in [6.45, 7) is 2.56. The van der Waals surface area contributed by atoms with Gasteiger partial charge >= 0.3 is 0 Å². The smallest absolute Gasteiger partial charge is 0.114 e. The van der Waals surface area contributed by atoms with Crippen LogP contribution in [0.4, 0.5) is 0 Å². The molecule has 0 aliphatic rings. The molecular formula is C21H16N4S. The molecule has 0 aliphatic carbocycles. The molecule has 2 aromatic carbocycles. The molecule has 0 amide bonds. The predicted molar refractivity (Wildman–Crippen MR) is 107 cm³/mol. The van der Waals surface area contributed by atoms with Gasteiger partial charge in [-0.05, 0) is 30.7 Å². The first-order valence-electron chi connectivity index (χ1n) is 8.04. The minimum Gasteiger partial charge on any atom is -0.389 e. The van der Waals surface area contributed by atoms with Gasteiger partial charge < -0.3 is 10.3 Å². The van der Waals surface area contributed by atoms with Gasteiger partial charge in [-0.3, -0.25) is 0 Å². The fourth-order valence-electron chi connectivity index (χ4n) is 3.08. The molecule has 0 fully saturated rings. The van der Waals surface area contributed by atoms with Crippen molar-refractivity contribution >= 4 is 34.2 Å². The van der Waals surface area contributed by atoms with E-state index in [0.717, 1.165) is 27.7 Å². The summed E-state index contributed by atoms with van der Waals surface area (Å²) >= 11 is 4.97. The largest absolute Gasteiger partial charge is 0.389 e. The van der Waals surface area contributed by atoms with Crippen LogP contribution in [0.2, 0.25) is 0 Å². The molecule has 0 atom stereocenters. The van der Waals surface area contributed by atoms with Gasteiger partial charge in [-0.15, -0.1) is 0 Å². The van der Waals surface area contributed by atoms with E-state index in [1.165, 1.54) is 0 Å². The summed E-state index contributed by atoms with van der Waals surface area (Å²) in [5.41, 5.74) is 10.5. The number of para-hydroxylation sites is 1. The summed E-state index contributed by atoms with van der Waals surface area (Å²) in [5.74, 6) is 0. The van der Waals surface area contributed by atoms with Crippen LogP contribution in [-0.2, 0) is 6.54 Å². The zero-order valence-corrected chi connectivity index (χ0v) is 15.0. The molecule has 0 unspecified atom stereocenters. The van der Waals surface area contributed by atoms with Crippen molar-refractivity contribution in [1.82, 2.24) is 4.57 Å². The molecule has 26 heavy (non-hydrogen) atoms. The maximum Gasteiger partial charge on any atom is 0.114 e. The molecule has 3 rings (SSSR count). The normalized spacial score (nSPS) is 11.1. The quantitative estimate of drug-likeness (QED) is 0.434. The zero-order chi connectivity index (χ0) is 18.7. The van der Waals surface area contributed by atoms with Crippen molar-refractivity contribution in [3.8, 4) is 12.1 Å². The second-order valence-electron chi connectivity index (χ2n) is 5.91. The Bertz CT molecular complexity index is 1120. The molecule has 0 bridgehead atoms. The van der Waals surface area contributed by atoms with Gasteiger partial charge in [0.15, 0.2) is 0 Å². The third-order valence-electron chi connectivity index (χ3n) is 4.42. The van der Waals surface area contributed by atoms with Crippen molar-refractivity contribution in [1.29, 1.82) is 10.5 Å². The lowest BCUT2D eigenvalue weighted by atomic mass is 10.1. The van der Waals surface area contributed by atoms with Crippen molar-refractivity contribution in [3.05, 3.63) is 76.5 Å². The number of benzene rings is 2.